The van der Waals surface area contributed by atoms with Gasteiger partial charge in [-0.2, -0.15) is 0 Å². The van der Waals surface area contributed by atoms with Crippen LogP contribution in [0.5, 0.6) is 5.75 Å². The Hall–Kier alpha value is -0.850. The van der Waals surface area contributed by atoms with Gasteiger partial charge in [0.2, 0.25) is 0 Å². The summed E-state index contributed by atoms with van der Waals surface area (Å²) < 4.78 is 6.16. The van der Waals surface area contributed by atoms with Crippen LogP contribution in [0.2, 0.25) is 0 Å². The van der Waals surface area contributed by atoms with Gasteiger partial charge in [-0.3, -0.25) is 4.79 Å². The first-order valence-corrected chi connectivity index (χ1v) is 11.8. The molecule has 26 heavy (non-hydrogen) atoms. The molecule has 1 aromatic carbocycles. The highest BCUT2D eigenvalue weighted by Gasteiger charge is 2.18. The van der Waals surface area contributed by atoms with Gasteiger partial charge in [0.1, 0.15) is 5.75 Å². The maximum absolute atomic E-state index is 12.0. The van der Waals surface area contributed by atoms with E-state index < -0.39 is 0 Å². The number of likely N-dealkylation sites (tertiary alicyclic amines) is 1. The fourth-order valence-corrected chi connectivity index (χ4v) is 6.33. The van der Waals surface area contributed by atoms with Gasteiger partial charge in [-0.1, -0.05) is 18.6 Å². The number of nitrogens with one attached hydrogen (secondary N) is 1. The van der Waals surface area contributed by atoms with Crippen LogP contribution >= 0.6 is 23.5 Å². The van der Waals surface area contributed by atoms with E-state index in [0.29, 0.717) is 10.6 Å². The molecule has 0 spiro atoms. The fraction of sp³-hybridized carbons (Fsp3) is 0.650. The zero-order valence-corrected chi connectivity index (χ0v) is 17.2. The largest absolute Gasteiger partial charge is 0.484 e. The summed E-state index contributed by atoms with van der Waals surface area (Å²) in [7, 11) is 0. The summed E-state index contributed by atoms with van der Waals surface area (Å²) >= 11 is 3.99. The molecule has 1 atom stereocenters. The molecule has 2 aliphatic heterocycles. The Morgan fingerprint density at radius 2 is 2.00 bits per heavy atom. The van der Waals surface area contributed by atoms with Crippen molar-refractivity contribution < 1.29 is 9.53 Å². The summed E-state index contributed by atoms with van der Waals surface area (Å²) in [5.74, 6) is 3.18. The van der Waals surface area contributed by atoms with Crippen LogP contribution in [-0.4, -0.2) is 54.6 Å². The monoisotopic (exact) mass is 394 g/mol. The molecular weight excluding hydrogens is 364 g/mol. The van der Waals surface area contributed by atoms with Gasteiger partial charge in [0.05, 0.1) is 4.58 Å². The lowest BCUT2D eigenvalue weighted by atomic mass is 10.0. The smallest absolute Gasteiger partial charge is 0.257 e. The number of rotatable bonds is 8. The van der Waals surface area contributed by atoms with Crippen LogP contribution in [0.25, 0.3) is 0 Å². The quantitative estimate of drug-likeness (QED) is 0.677. The van der Waals surface area contributed by atoms with E-state index in [2.05, 4.69) is 29.3 Å². The van der Waals surface area contributed by atoms with Gasteiger partial charge < -0.3 is 15.0 Å². The number of ether oxygens (including phenoxy) is 1. The third kappa shape index (κ3) is 6.10. The van der Waals surface area contributed by atoms with E-state index in [1.54, 1.807) is 0 Å². The van der Waals surface area contributed by atoms with Crippen LogP contribution in [0.4, 0.5) is 0 Å². The number of benzene rings is 1. The molecule has 0 saturated carbocycles. The SMILES string of the molecule is C[C@H]1CCCCN1CCCNC(=O)COc1ccc(C2SCCS2)cc1. The van der Waals surface area contributed by atoms with Crippen LogP contribution in [0.3, 0.4) is 0 Å². The average Bonchev–Trinajstić information content (AvgIpc) is 3.20. The second-order valence-corrected chi connectivity index (χ2v) is 9.74. The minimum atomic E-state index is -0.0392. The zero-order valence-electron chi connectivity index (χ0n) is 15.6. The van der Waals surface area contributed by atoms with Crippen LogP contribution in [0.15, 0.2) is 24.3 Å². The third-order valence-corrected chi connectivity index (χ3v) is 8.13. The summed E-state index contributed by atoms with van der Waals surface area (Å²) in [5.41, 5.74) is 1.33. The van der Waals surface area contributed by atoms with Crippen LogP contribution < -0.4 is 10.1 Å². The second-order valence-electron chi connectivity index (χ2n) is 7.02. The molecule has 0 unspecified atom stereocenters. The van der Waals surface area contributed by atoms with Crippen LogP contribution in [0.1, 0.15) is 42.8 Å². The van der Waals surface area contributed by atoms with Gasteiger partial charge in [-0.05, 0) is 50.4 Å². The standard InChI is InChI=1S/C20H30N2O2S2/c1-16-5-2-3-11-22(16)12-4-10-21-19(23)15-24-18-8-6-17(7-9-18)20-25-13-14-26-20/h6-9,16,20H,2-5,10-15H2,1H3,(H,21,23)/t16-/m0/s1. The molecule has 1 amide bonds. The van der Waals surface area contributed by atoms with Crippen molar-refractivity contribution >= 4 is 29.4 Å². The van der Waals surface area contributed by atoms with E-state index in [1.807, 2.05) is 35.7 Å². The van der Waals surface area contributed by atoms with Crippen molar-refractivity contribution in [3.05, 3.63) is 29.8 Å². The number of thioether (sulfide) groups is 2. The van der Waals surface area contributed by atoms with Gasteiger partial charge in [0, 0.05) is 30.6 Å². The van der Waals surface area contributed by atoms with Gasteiger partial charge in [-0.25, -0.2) is 0 Å². The Balaban J connectivity index is 1.30. The van der Waals surface area contributed by atoms with E-state index in [-0.39, 0.29) is 12.5 Å². The topological polar surface area (TPSA) is 41.6 Å². The van der Waals surface area contributed by atoms with Crippen molar-refractivity contribution in [1.82, 2.24) is 10.2 Å². The first-order chi connectivity index (χ1) is 12.7. The molecule has 0 aromatic heterocycles. The van der Waals surface area contributed by atoms with E-state index in [0.717, 1.165) is 25.3 Å². The lowest BCUT2D eigenvalue weighted by Gasteiger charge is -2.33. The summed E-state index contributed by atoms with van der Waals surface area (Å²) in [6.45, 7) is 5.39. The van der Waals surface area contributed by atoms with Crippen molar-refractivity contribution in [3.63, 3.8) is 0 Å². The summed E-state index contributed by atoms with van der Waals surface area (Å²) in [5, 5.41) is 2.97. The van der Waals surface area contributed by atoms with Gasteiger partial charge in [0.25, 0.3) is 5.91 Å². The average molecular weight is 395 g/mol. The van der Waals surface area contributed by atoms with Crippen molar-refractivity contribution in [2.24, 2.45) is 0 Å². The molecule has 0 aliphatic carbocycles. The Bertz CT molecular complexity index is 561. The number of hydrogen-bond donors (Lipinski definition) is 1. The van der Waals surface area contributed by atoms with Crippen molar-refractivity contribution in [2.45, 2.75) is 43.2 Å². The number of hydrogen-bond acceptors (Lipinski definition) is 5. The minimum absolute atomic E-state index is 0.0392. The van der Waals surface area contributed by atoms with Gasteiger partial charge in [-0.15, -0.1) is 23.5 Å². The van der Waals surface area contributed by atoms with Gasteiger partial charge in [0.15, 0.2) is 6.61 Å². The maximum Gasteiger partial charge on any atom is 0.257 e. The van der Waals surface area contributed by atoms with Crippen LogP contribution in [-0.2, 0) is 4.79 Å². The molecule has 2 aliphatic rings. The molecule has 1 N–H and O–H groups in total. The second kappa shape index (κ2) is 10.5. The first-order valence-electron chi connectivity index (χ1n) is 9.69. The van der Waals surface area contributed by atoms with E-state index in [9.17, 15) is 4.79 Å². The van der Waals surface area contributed by atoms with Crippen molar-refractivity contribution in [3.8, 4) is 5.75 Å². The lowest BCUT2D eigenvalue weighted by molar-refractivity contribution is -0.123. The van der Waals surface area contributed by atoms with Crippen LogP contribution in [0, 0.1) is 0 Å². The number of amides is 1. The maximum atomic E-state index is 12.0. The third-order valence-electron chi connectivity index (χ3n) is 5.03. The molecule has 2 heterocycles. The lowest BCUT2D eigenvalue weighted by Crippen LogP contribution is -2.39. The first kappa shape index (κ1) is 19.9. The number of nitrogens with zero attached hydrogens (tertiary/aromatic N) is 1. The molecule has 4 nitrogen and oxygen atoms in total. The van der Waals surface area contributed by atoms with E-state index >= 15 is 0 Å². The fourth-order valence-electron chi connectivity index (χ4n) is 3.47. The van der Waals surface area contributed by atoms with E-state index in [1.165, 1.54) is 42.9 Å². The Labute approximate surface area is 165 Å². The minimum Gasteiger partial charge on any atom is -0.484 e. The Morgan fingerprint density at radius 1 is 1.23 bits per heavy atom. The molecule has 0 radical (unpaired) electrons. The number of carbonyl (C=O) groups excluding carboxylic acids is 1. The molecular formula is C20H30N2O2S2. The molecule has 1 aromatic rings. The summed E-state index contributed by atoms with van der Waals surface area (Å²) in [6.07, 6.45) is 4.96. The number of piperidine rings is 1. The molecule has 3 rings (SSSR count). The predicted molar refractivity (Wildman–Crippen MR) is 112 cm³/mol. The normalized spacial score (nSPS) is 21.7. The Morgan fingerprint density at radius 3 is 2.73 bits per heavy atom. The number of carbonyl (C=O) groups is 1. The highest BCUT2D eigenvalue weighted by molar-refractivity contribution is 8.19. The zero-order chi connectivity index (χ0) is 18.2. The molecule has 6 heteroatoms. The highest BCUT2D eigenvalue weighted by atomic mass is 32.2. The molecule has 2 fully saturated rings. The molecule has 0 bridgehead atoms. The van der Waals surface area contributed by atoms with Gasteiger partial charge >= 0.3 is 0 Å². The Kier molecular flexibility index (Phi) is 8.02. The summed E-state index contributed by atoms with van der Waals surface area (Å²) in [6, 6.07) is 8.86. The highest BCUT2D eigenvalue weighted by Crippen LogP contribution is 2.45. The van der Waals surface area contributed by atoms with E-state index in [4.69, 9.17) is 4.74 Å². The van der Waals surface area contributed by atoms with Crippen molar-refractivity contribution in [2.75, 3.05) is 37.7 Å². The molecule has 144 valence electrons. The van der Waals surface area contributed by atoms with Crippen molar-refractivity contribution in [1.29, 1.82) is 0 Å². The molecule has 2 saturated heterocycles. The predicted octanol–water partition coefficient (Wildman–Crippen LogP) is 3.92. The summed E-state index contributed by atoms with van der Waals surface area (Å²) in [4.78, 5) is 14.5.